The Kier molecular flexibility index (Phi) is 6.36. The molecule has 0 heterocycles. The van der Waals surface area contributed by atoms with Gasteiger partial charge in [0, 0.05) is 6.54 Å². The first kappa shape index (κ1) is 15.5. The highest BCUT2D eigenvalue weighted by molar-refractivity contribution is 5.74. The number of carbonyl (C=O) groups is 1. The summed E-state index contributed by atoms with van der Waals surface area (Å²) in [6.07, 6.45) is -0.588. The lowest BCUT2D eigenvalue weighted by atomic mass is 10.2. The van der Waals surface area contributed by atoms with Gasteiger partial charge in [-0.3, -0.25) is 0 Å². The van der Waals surface area contributed by atoms with Crippen molar-refractivity contribution in [3.63, 3.8) is 0 Å². The number of benzene rings is 1. The van der Waals surface area contributed by atoms with Crippen LogP contribution < -0.4 is 10.1 Å². The molecule has 1 aromatic rings. The van der Waals surface area contributed by atoms with E-state index in [-0.39, 0.29) is 5.97 Å². The summed E-state index contributed by atoms with van der Waals surface area (Å²) >= 11 is 0. The van der Waals surface area contributed by atoms with Gasteiger partial charge in [0.15, 0.2) is 6.10 Å². The minimum atomic E-state index is -0.588. The molecule has 0 amide bonds. The van der Waals surface area contributed by atoms with Gasteiger partial charge in [0.2, 0.25) is 0 Å². The molecule has 0 spiro atoms. The molecule has 1 rings (SSSR count). The summed E-state index contributed by atoms with van der Waals surface area (Å²) in [7, 11) is 1.35. The van der Waals surface area contributed by atoms with Gasteiger partial charge in [-0.2, -0.15) is 0 Å². The standard InChI is InChI=1S/C15H23NO3/c1-11(2)9-16-10-13-5-7-14(8-6-13)19-12(3)15(17)18-4/h5-8,11-12,16H,9-10H2,1-4H3. The fourth-order valence-electron chi connectivity index (χ4n) is 1.61. The number of ether oxygens (including phenoxy) is 2. The summed E-state index contributed by atoms with van der Waals surface area (Å²) in [6.45, 7) is 7.86. The average molecular weight is 265 g/mol. The Balaban J connectivity index is 2.45. The van der Waals surface area contributed by atoms with E-state index in [4.69, 9.17) is 4.74 Å². The minimum Gasteiger partial charge on any atom is -0.479 e. The maximum atomic E-state index is 11.2. The topological polar surface area (TPSA) is 47.6 Å². The lowest BCUT2D eigenvalue weighted by molar-refractivity contribution is -0.147. The Labute approximate surface area is 115 Å². The molecule has 0 aliphatic heterocycles. The minimum absolute atomic E-state index is 0.373. The molecule has 0 aliphatic carbocycles. The van der Waals surface area contributed by atoms with Gasteiger partial charge < -0.3 is 14.8 Å². The second kappa shape index (κ2) is 7.79. The lowest BCUT2D eigenvalue weighted by Crippen LogP contribution is -2.24. The van der Waals surface area contributed by atoms with Gasteiger partial charge in [0.25, 0.3) is 0 Å². The van der Waals surface area contributed by atoms with Crippen molar-refractivity contribution in [2.75, 3.05) is 13.7 Å². The van der Waals surface area contributed by atoms with Crippen molar-refractivity contribution in [2.45, 2.75) is 33.4 Å². The third-order valence-electron chi connectivity index (χ3n) is 2.65. The van der Waals surface area contributed by atoms with Crippen molar-refractivity contribution in [3.8, 4) is 5.75 Å². The van der Waals surface area contributed by atoms with E-state index in [9.17, 15) is 4.79 Å². The Hall–Kier alpha value is -1.55. The zero-order valence-corrected chi connectivity index (χ0v) is 12.1. The van der Waals surface area contributed by atoms with Gasteiger partial charge in [-0.05, 0) is 37.1 Å². The van der Waals surface area contributed by atoms with E-state index in [1.54, 1.807) is 6.92 Å². The van der Waals surface area contributed by atoms with Gasteiger partial charge in [0.1, 0.15) is 5.75 Å². The highest BCUT2D eigenvalue weighted by Crippen LogP contribution is 2.14. The third kappa shape index (κ3) is 5.75. The molecular weight excluding hydrogens is 242 g/mol. The molecule has 0 radical (unpaired) electrons. The second-order valence-electron chi connectivity index (χ2n) is 4.95. The number of methoxy groups -OCH3 is 1. The van der Waals surface area contributed by atoms with E-state index < -0.39 is 6.10 Å². The van der Waals surface area contributed by atoms with Gasteiger partial charge in [-0.15, -0.1) is 0 Å². The molecule has 4 heteroatoms. The monoisotopic (exact) mass is 265 g/mol. The van der Waals surface area contributed by atoms with Crippen LogP contribution in [0.4, 0.5) is 0 Å². The van der Waals surface area contributed by atoms with Gasteiger partial charge in [-0.25, -0.2) is 4.79 Å². The van der Waals surface area contributed by atoms with E-state index in [2.05, 4.69) is 23.9 Å². The predicted octanol–water partition coefficient (Wildman–Crippen LogP) is 2.37. The van der Waals surface area contributed by atoms with E-state index >= 15 is 0 Å². The number of carbonyl (C=O) groups excluding carboxylic acids is 1. The molecule has 1 unspecified atom stereocenters. The summed E-state index contributed by atoms with van der Waals surface area (Å²) in [5.74, 6) is 0.941. The number of hydrogen-bond donors (Lipinski definition) is 1. The molecule has 1 atom stereocenters. The maximum Gasteiger partial charge on any atom is 0.346 e. The fraction of sp³-hybridized carbons (Fsp3) is 0.533. The summed E-state index contributed by atoms with van der Waals surface area (Å²) in [5, 5.41) is 3.37. The van der Waals surface area contributed by atoms with Crippen LogP contribution in [0.5, 0.6) is 5.75 Å². The number of rotatable bonds is 7. The summed E-state index contributed by atoms with van der Waals surface area (Å²) in [4.78, 5) is 11.2. The quantitative estimate of drug-likeness (QED) is 0.769. The highest BCUT2D eigenvalue weighted by Gasteiger charge is 2.14. The zero-order valence-electron chi connectivity index (χ0n) is 12.1. The predicted molar refractivity (Wildman–Crippen MR) is 75.1 cm³/mol. The van der Waals surface area contributed by atoms with Crippen LogP contribution in [0.25, 0.3) is 0 Å². The van der Waals surface area contributed by atoms with Crippen molar-refractivity contribution < 1.29 is 14.3 Å². The van der Waals surface area contributed by atoms with Crippen LogP contribution in [-0.4, -0.2) is 25.7 Å². The molecule has 19 heavy (non-hydrogen) atoms. The van der Waals surface area contributed by atoms with E-state index in [1.165, 1.54) is 12.7 Å². The van der Waals surface area contributed by atoms with Crippen LogP contribution in [0, 0.1) is 5.92 Å². The third-order valence-corrected chi connectivity index (χ3v) is 2.65. The van der Waals surface area contributed by atoms with Gasteiger partial charge >= 0.3 is 5.97 Å². The molecule has 0 aliphatic rings. The Morgan fingerprint density at radius 1 is 1.21 bits per heavy atom. The number of hydrogen-bond acceptors (Lipinski definition) is 4. The molecule has 0 fully saturated rings. The van der Waals surface area contributed by atoms with E-state index in [1.807, 2.05) is 24.3 Å². The van der Waals surface area contributed by atoms with Crippen LogP contribution in [0.1, 0.15) is 26.3 Å². The fourth-order valence-corrected chi connectivity index (χ4v) is 1.61. The van der Waals surface area contributed by atoms with Crippen LogP contribution in [0.3, 0.4) is 0 Å². The summed E-state index contributed by atoms with van der Waals surface area (Å²) < 4.78 is 10.1. The van der Waals surface area contributed by atoms with Gasteiger partial charge in [-0.1, -0.05) is 26.0 Å². The first-order valence-electron chi connectivity index (χ1n) is 6.57. The van der Waals surface area contributed by atoms with Crippen molar-refractivity contribution >= 4 is 5.97 Å². The lowest BCUT2D eigenvalue weighted by Gasteiger charge is -2.13. The zero-order chi connectivity index (χ0) is 14.3. The Bertz CT molecular complexity index is 387. The summed E-state index contributed by atoms with van der Waals surface area (Å²) in [6, 6.07) is 7.72. The first-order valence-corrected chi connectivity index (χ1v) is 6.57. The van der Waals surface area contributed by atoms with E-state index in [0.29, 0.717) is 11.7 Å². The largest absolute Gasteiger partial charge is 0.479 e. The number of nitrogens with one attached hydrogen (secondary N) is 1. The molecule has 0 aromatic heterocycles. The maximum absolute atomic E-state index is 11.2. The normalized spacial score (nSPS) is 12.3. The van der Waals surface area contributed by atoms with Crippen LogP contribution in [-0.2, 0) is 16.1 Å². The van der Waals surface area contributed by atoms with Crippen molar-refractivity contribution in [1.82, 2.24) is 5.32 Å². The molecule has 0 saturated heterocycles. The van der Waals surface area contributed by atoms with Crippen LogP contribution >= 0.6 is 0 Å². The van der Waals surface area contributed by atoms with Crippen LogP contribution in [0.15, 0.2) is 24.3 Å². The molecule has 4 nitrogen and oxygen atoms in total. The van der Waals surface area contributed by atoms with E-state index in [0.717, 1.165) is 13.1 Å². The average Bonchev–Trinajstić information content (AvgIpc) is 2.39. The molecule has 106 valence electrons. The van der Waals surface area contributed by atoms with Gasteiger partial charge in [0.05, 0.1) is 7.11 Å². The smallest absolute Gasteiger partial charge is 0.346 e. The Morgan fingerprint density at radius 3 is 2.37 bits per heavy atom. The molecular formula is C15H23NO3. The first-order chi connectivity index (χ1) is 9.02. The summed E-state index contributed by atoms with van der Waals surface area (Å²) in [5.41, 5.74) is 1.19. The Morgan fingerprint density at radius 2 is 1.84 bits per heavy atom. The van der Waals surface area contributed by atoms with Crippen molar-refractivity contribution in [3.05, 3.63) is 29.8 Å². The molecule has 1 N–H and O–H groups in total. The molecule has 1 aromatic carbocycles. The molecule has 0 bridgehead atoms. The van der Waals surface area contributed by atoms with Crippen LogP contribution in [0.2, 0.25) is 0 Å². The number of esters is 1. The SMILES string of the molecule is COC(=O)C(C)Oc1ccc(CNCC(C)C)cc1. The second-order valence-corrected chi connectivity index (χ2v) is 4.95. The van der Waals surface area contributed by atoms with Crippen molar-refractivity contribution in [2.24, 2.45) is 5.92 Å². The molecule has 0 saturated carbocycles. The highest BCUT2D eigenvalue weighted by atomic mass is 16.6. The van der Waals surface area contributed by atoms with Crippen molar-refractivity contribution in [1.29, 1.82) is 0 Å².